The van der Waals surface area contributed by atoms with E-state index in [-0.39, 0.29) is 44.7 Å². The lowest BCUT2D eigenvalue weighted by Crippen LogP contribution is -2.65. The Labute approximate surface area is 365 Å². The molecule has 3 amide bonds. The molecule has 4 aliphatic rings. The van der Waals surface area contributed by atoms with Crippen LogP contribution >= 0.6 is 0 Å². The molecule has 15 atom stereocenters. The maximum absolute atomic E-state index is 12.5. The molecule has 0 radical (unpaired) electrons. The molecule has 0 aromatic carbocycles. The molecule has 0 saturated carbocycles. The molecule has 63 heavy (non-hydrogen) atoms. The number of hydrogen-bond donors (Lipinski definition) is 11. The molecule has 4 rings (SSSR count). The Morgan fingerprint density at radius 2 is 1.02 bits per heavy atom. The highest BCUT2D eigenvalue weighted by Gasteiger charge is 2.52. The van der Waals surface area contributed by atoms with Crippen LogP contribution in [0.1, 0.15) is 103 Å². The normalized spacial score (nSPS) is 35.0. The van der Waals surface area contributed by atoms with Crippen molar-refractivity contribution in [1.82, 2.24) is 10.4 Å². The number of nitrogens with one attached hydrogen (secondary N) is 1. The summed E-state index contributed by atoms with van der Waals surface area (Å²) in [7, 11) is 0. The lowest BCUT2D eigenvalue weighted by atomic mass is 9.96. The van der Waals surface area contributed by atoms with Crippen molar-refractivity contribution in [1.29, 1.82) is 0 Å². The smallest absolute Gasteiger partial charge is 0.333 e. The minimum absolute atomic E-state index is 0.00778. The van der Waals surface area contributed by atoms with Gasteiger partial charge < -0.3 is 89.6 Å². The van der Waals surface area contributed by atoms with Gasteiger partial charge in [0.05, 0.1) is 26.4 Å². The van der Waals surface area contributed by atoms with Crippen molar-refractivity contribution in [3.63, 3.8) is 0 Å². The minimum Gasteiger partial charge on any atom is -0.394 e. The zero-order valence-corrected chi connectivity index (χ0v) is 35.4. The molecule has 4 saturated heterocycles. The van der Waals surface area contributed by atoms with Gasteiger partial charge in [-0.05, 0) is 12.8 Å². The molecule has 23 nitrogen and oxygen atoms in total. The number of imide groups is 1. The van der Waals surface area contributed by atoms with Gasteiger partial charge in [-0.25, -0.2) is 4.79 Å². The van der Waals surface area contributed by atoms with Crippen molar-refractivity contribution in [2.24, 2.45) is 0 Å². The first-order valence-corrected chi connectivity index (χ1v) is 22.0. The van der Waals surface area contributed by atoms with Gasteiger partial charge in [0.2, 0.25) is 5.91 Å². The fraction of sp³-hybridized carbons (Fsp3) is 0.900. The average molecular weight is 913 g/mol. The summed E-state index contributed by atoms with van der Waals surface area (Å²) in [5.41, 5.74) is 0. The topological polar surface area (TPSA) is 350 Å². The van der Waals surface area contributed by atoms with E-state index >= 15 is 0 Å². The molecule has 23 heteroatoms. The number of ether oxygens (including phenoxy) is 6. The highest BCUT2D eigenvalue weighted by molar-refractivity contribution is 6.01. The van der Waals surface area contributed by atoms with Crippen molar-refractivity contribution in [3.05, 3.63) is 0 Å². The van der Waals surface area contributed by atoms with Gasteiger partial charge in [0.15, 0.2) is 18.9 Å². The second-order valence-corrected chi connectivity index (χ2v) is 16.4. The fourth-order valence-corrected chi connectivity index (χ4v) is 7.65. The molecule has 4 fully saturated rings. The third-order valence-electron chi connectivity index (χ3n) is 11.5. The standard InChI is InChI=1S/C40H68N2O21/c43-19-22-29(49)32(52)34(54)38(59-22)58-21-24-31(51)37(62-40-35(55)33(53)30(50)23(20-44)60-40)36(56)39(61-24)57-18-17-41-25(45)13-11-9-7-5-3-1-2-4-6-8-10-12-14-28(48)63-42-26(46)15-16-27(42)47/h22-24,29-40,43-44,49-56H,1-21H2,(H,41,45)/t22?,23-,24-,29-,30-,31-,32+,33+,34+,35?,36+,37+,38+,39+,40-/m1/s1. The zero-order chi connectivity index (χ0) is 46.1. The quantitative estimate of drug-likeness (QED) is 0.0283. The second-order valence-electron chi connectivity index (χ2n) is 16.4. The average Bonchev–Trinajstić information content (AvgIpc) is 3.58. The summed E-state index contributed by atoms with van der Waals surface area (Å²) in [6.07, 6.45) is -12.8. The molecule has 0 aromatic heterocycles. The fourth-order valence-electron chi connectivity index (χ4n) is 7.65. The van der Waals surface area contributed by atoms with E-state index in [4.69, 9.17) is 33.3 Å². The molecular formula is C40H68N2O21. The van der Waals surface area contributed by atoms with E-state index in [0.717, 1.165) is 64.2 Å². The highest BCUT2D eigenvalue weighted by atomic mass is 16.8. The highest BCUT2D eigenvalue weighted by Crippen LogP contribution is 2.31. The van der Waals surface area contributed by atoms with Gasteiger partial charge in [0.25, 0.3) is 11.8 Å². The number of amides is 3. The Morgan fingerprint density at radius 3 is 1.56 bits per heavy atom. The minimum atomic E-state index is -1.89. The van der Waals surface area contributed by atoms with Gasteiger partial charge in [-0.2, -0.15) is 0 Å². The predicted molar refractivity (Wildman–Crippen MR) is 210 cm³/mol. The number of aliphatic hydroxyl groups is 10. The summed E-state index contributed by atoms with van der Waals surface area (Å²) < 4.78 is 33.4. The monoisotopic (exact) mass is 912 g/mol. The number of aliphatic hydroxyl groups excluding tert-OH is 10. The van der Waals surface area contributed by atoms with E-state index in [9.17, 15) is 70.2 Å². The van der Waals surface area contributed by atoms with E-state index in [1.165, 1.54) is 0 Å². The molecule has 11 N–H and O–H groups in total. The first kappa shape index (κ1) is 53.1. The van der Waals surface area contributed by atoms with Gasteiger partial charge >= 0.3 is 5.97 Å². The van der Waals surface area contributed by atoms with Crippen LogP contribution in [0, 0.1) is 0 Å². The largest absolute Gasteiger partial charge is 0.394 e. The summed E-state index contributed by atoms with van der Waals surface area (Å²) in [6, 6.07) is 0. The van der Waals surface area contributed by atoms with Crippen molar-refractivity contribution in [3.8, 4) is 0 Å². The van der Waals surface area contributed by atoms with Gasteiger partial charge in [-0.15, -0.1) is 5.06 Å². The predicted octanol–water partition coefficient (Wildman–Crippen LogP) is -3.36. The molecule has 0 aromatic rings. The third kappa shape index (κ3) is 15.8. The number of nitrogens with zero attached hydrogens (tertiary/aromatic N) is 1. The van der Waals surface area contributed by atoms with Crippen LogP contribution < -0.4 is 5.32 Å². The molecule has 2 unspecified atom stereocenters. The van der Waals surface area contributed by atoms with Crippen molar-refractivity contribution < 1.29 is 104 Å². The van der Waals surface area contributed by atoms with Crippen LogP contribution in [-0.2, 0) is 52.4 Å². The Morgan fingerprint density at radius 1 is 0.556 bits per heavy atom. The Bertz CT molecular complexity index is 1380. The van der Waals surface area contributed by atoms with E-state index in [0.29, 0.717) is 17.9 Å². The summed E-state index contributed by atoms with van der Waals surface area (Å²) >= 11 is 0. The van der Waals surface area contributed by atoms with Crippen molar-refractivity contribution >= 4 is 23.7 Å². The third-order valence-corrected chi connectivity index (χ3v) is 11.5. The van der Waals surface area contributed by atoms with Gasteiger partial charge in [-0.3, -0.25) is 14.4 Å². The Kier molecular flexibility index (Phi) is 22.9. The van der Waals surface area contributed by atoms with Crippen LogP contribution in [0.2, 0.25) is 0 Å². The SMILES string of the molecule is O=C(CCCCCCCCCCCCCCC(=O)ON1C(=O)CCC1=O)NCCO[C@H]1O[C@H](CO[C@H]2OC(CO)[C@@H](O)[C@H](O)[C@@H]2O)[C@@H](O)[C@H](O[C@H]2O[C@H](CO)[C@@H](O)[C@H](O)C2O)[C@@H]1O. The molecule has 364 valence electrons. The van der Waals surface area contributed by atoms with E-state index in [1.54, 1.807) is 0 Å². The number of carbonyl (C=O) groups excluding carboxylic acids is 4. The molecule has 0 bridgehead atoms. The molecule has 4 aliphatic heterocycles. The molecule has 4 heterocycles. The lowest BCUT2D eigenvalue weighted by Gasteiger charge is -2.46. The first-order chi connectivity index (χ1) is 30.2. The Hall–Kier alpha value is -2.56. The van der Waals surface area contributed by atoms with E-state index in [2.05, 4.69) is 5.32 Å². The van der Waals surface area contributed by atoms with Gasteiger partial charge in [0.1, 0.15) is 73.2 Å². The van der Waals surface area contributed by atoms with Crippen LogP contribution in [0.15, 0.2) is 0 Å². The maximum atomic E-state index is 12.5. The zero-order valence-electron chi connectivity index (χ0n) is 35.4. The van der Waals surface area contributed by atoms with Gasteiger partial charge in [0, 0.05) is 32.2 Å². The van der Waals surface area contributed by atoms with Crippen molar-refractivity contribution in [2.45, 2.75) is 195 Å². The number of unbranched alkanes of at least 4 members (excludes halogenated alkanes) is 11. The van der Waals surface area contributed by atoms with Crippen LogP contribution in [0.5, 0.6) is 0 Å². The second kappa shape index (κ2) is 27.2. The number of hydroxylamine groups is 2. The summed E-state index contributed by atoms with van der Waals surface area (Å²) in [5.74, 6) is -1.75. The van der Waals surface area contributed by atoms with Crippen molar-refractivity contribution in [2.75, 3.05) is 33.0 Å². The van der Waals surface area contributed by atoms with Crippen LogP contribution in [0.25, 0.3) is 0 Å². The summed E-state index contributed by atoms with van der Waals surface area (Å²) in [4.78, 5) is 52.3. The number of hydrogen-bond acceptors (Lipinski definition) is 21. The van der Waals surface area contributed by atoms with E-state index < -0.39 is 130 Å². The lowest BCUT2D eigenvalue weighted by molar-refractivity contribution is -0.366. The van der Waals surface area contributed by atoms with Gasteiger partial charge in [-0.1, -0.05) is 64.2 Å². The summed E-state index contributed by atoms with van der Waals surface area (Å²) in [6.45, 7) is -2.29. The molecule has 0 spiro atoms. The number of carbonyl (C=O) groups is 4. The maximum Gasteiger partial charge on any atom is 0.333 e. The van der Waals surface area contributed by atoms with Crippen LogP contribution in [0.4, 0.5) is 0 Å². The number of rotatable bonds is 27. The molecular weight excluding hydrogens is 844 g/mol. The van der Waals surface area contributed by atoms with Crippen LogP contribution in [-0.4, -0.2) is 205 Å². The van der Waals surface area contributed by atoms with E-state index in [1.807, 2.05) is 0 Å². The first-order valence-electron chi connectivity index (χ1n) is 22.0. The molecule has 0 aliphatic carbocycles. The van der Waals surface area contributed by atoms with Crippen LogP contribution in [0.3, 0.4) is 0 Å². The Balaban J connectivity index is 1.11. The summed E-state index contributed by atoms with van der Waals surface area (Å²) in [5, 5.41) is 106.